The number of halogens is 1. The van der Waals surface area contributed by atoms with Crippen LogP contribution in [0.15, 0.2) is 35.6 Å². The molecule has 0 spiro atoms. The molecule has 1 aromatic carbocycles. The van der Waals surface area contributed by atoms with E-state index in [2.05, 4.69) is 15.1 Å². The van der Waals surface area contributed by atoms with Gasteiger partial charge in [-0.25, -0.2) is 14.3 Å². The molecule has 1 N–H and O–H groups in total. The summed E-state index contributed by atoms with van der Waals surface area (Å²) in [6.07, 6.45) is 5.88. The highest BCUT2D eigenvalue weighted by Gasteiger charge is 2.48. The molecule has 2 aliphatic rings. The number of rotatable bonds is 8. The number of cyclic esters (lactones) is 1. The molecule has 1 unspecified atom stereocenters. The largest absolute Gasteiger partial charge is 0.512 e. The van der Waals surface area contributed by atoms with E-state index >= 15 is 0 Å². The monoisotopic (exact) mass is 538 g/mol. The molecule has 3 heterocycles. The van der Waals surface area contributed by atoms with Gasteiger partial charge in [-0.15, -0.1) is 5.10 Å². The van der Waals surface area contributed by atoms with Gasteiger partial charge in [-0.1, -0.05) is 30.5 Å². The minimum absolute atomic E-state index is 0.0368. The molecule has 3 aromatic rings. The van der Waals surface area contributed by atoms with Crippen molar-refractivity contribution in [2.24, 2.45) is 5.92 Å². The van der Waals surface area contributed by atoms with E-state index in [9.17, 15) is 9.90 Å². The molecule has 1 aliphatic carbocycles. The standard InChI is InChI=1S/C29H35ClN4O4/c1-17(2)37-25-10-9-20(14-23(25)30)11-12-29(21-7-5-6-8-21)16-24(35)22(27(36)38-29)15-26-32-28-31-18(3)13-19(4)34(28)33-26/h9-10,13-14,17,21,35H,5-8,11-12,15-16H2,1-4H3. The van der Waals surface area contributed by atoms with Gasteiger partial charge >= 0.3 is 5.97 Å². The van der Waals surface area contributed by atoms with E-state index in [4.69, 9.17) is 21.1 Å². The number of esters is 1. The Morgan fingerprint density at radius 1 is 1.21 bits per heavy atom. The molecule has 0 radical (unpaired) electrons. The third kappa shape index (κ3) is 5.37. The Balaban J connectivity index is 1.38. The second-order valence-electron chi connectivity index (χ2n) is 10.9. The highest BCUT2D eigenvalue weighted by molar-refractivity contribution is 6.32. The number of aliphatic hydroxyl groups is 1. The fourth-order valence-electron chi connectivity index (χ4n) is 5.83. The number of hydrogen-bond acceptors (Lipinski definition) is 7. The number of aryl methyl sites for hydroxylation is 3. The molecular weight excluding hydrogens is 504 g/mol. The van der Waals surface area contributed by atoms with Crippen LogP contribution in [-0.2, 0) is 22.4 Å². The van der Waals surface area contributed by atoms with Crippen molar-refractivity contribution in [3.63, 3.8) is 0 Å². The number of benzene rings is 1. The first-order valence-corrected chi connectivity index (χ1v) is 13.8. The third-order valence-electron chi connectivity index (χ3n) is 7.65. The molecule has 38 heavy (non-hydrogen) atoms. The maximum atomic E-state index is 13.4. The lowest BCUT2D eigenvalue weighted by molar-refractivity contribution is -0.167. The van der Waals surface area contributed by atoms with Crippen LogP contribution in [-0.4, -0.2) is 42.4 Å². The summed E-state index contributed by atoms with van der Waals surface area (Å²) in [5, 5.41) is 16.3. The Morgan fingerprint density at radius 2 is 1.97 bits per heavy atom. The van der Waals surface area contributed by atoms with Crippen LogP contribution in [0.5, 0.6) is 5.75 Å². The third-order valence-corrected chi connectivity index (χ3v) is 7.94. The van der Waals surface area contributed by atoms with Crippen LogP contribution in [0, 0.1) is 19.8 Å². The second-order valence-corrected chi connectivity index (χ2v) is 11.3. The van der Waals surface area contributed by atoms with Crippen molar-refractivity contribution < 1.29 is 19.4 Å². The Labute approximate surface area is 228 Å². The molecular formula is C29H35ClN4O4. The highest BCUT2D eigenvalue weighted by Crippen LogP contribution is 2.46. The minimum atomic E-state index is -0.748. The zero-order valence-electron chi connectivity index (χ0n) is 22.5. The van der Waals surface area contributed by atoms with Gasteiger partial charge < -0.3 is 14.6 Å². The summed E-state index contributed by atoms with van der Waals surface area (Å²) in [5.41, 5.74) is 2.27. The van der Waals surface area contributed by atoms with E-state index in [1.54, 1.807) is 4.52 Å². The molecule has 1 fully saturated rings. The quantitative estimate of drug-likeness (QED) is 0.349. The molecule has 0 saturated heterocycles. The summed E-state index contributed by atoms with van der Waals surface area (Å²) in [5.74, 6) is 1.36. The summed E-state index contributed by atoms with van der Waals surface area (Å²) >= 11 is 6.47. The van der Waals surface area contributed by atoms with Gasteiger partial charge in [0.1, 0.15) is 17.1 Å². The van der Waals surface area contributed by atoms with Gasteiger partial charge in [-0.2, -0.15) is 4.98 Å². The van der Waals surface area contributed by atoms with Crippen molar-refractivity contribution >= 4 is 23.3 Å². The summed E-state index contributed by atoms with van der Waals surface area (Å²) < 4.78 is 13.7. The van der Waals surface area contributed by atoms with Crippen molar-refractivity contribution in [2.75, 3.05) is 0 Å². The summed E-state index contributed by atoms with van der Waals surface area (Å²) in [4.78, 5) is 22.3. The van der Waals surface area contributed by atoms with Crippen LogP contribution in [0.3, 0.4) is 0 Å². The topological polar surface area (TPSA) is 98.8 Å². The number of aliphatic hydroxyl groups excluding tert-OH is 1. The summed E-state index contributed by atoms with van der Waals surface area (Å²) in [7, 11) is 0. The Kier molecular flexibility index (Phi) is 7.36. The average Bonchev–Trinajstić information content (AvgIpc) is 3.52. The molecule has 5 rings (SSSR count). The molecule has 202 valence electrons. The van der Waals surface area contributed by atoms with Crippen LogP contribution in [0.4, 0.5) is 0 Å². The maximum absolute atomic E-state index is 13.4. The van der Waals surface area contributed by atoms with Crippen LogP contribution in [0.1, 0.15) is 75.1 Å². The summed E-state index contributed by atoms with van der Waals surface area (Å²) in [6, 6.07) is 7.73. The predicted molar refractivity (Wildman–Crippen MR) is 145 cm³/mol. The first-order chi connectivity index (χ1) is 18.1. The smallest absolute Gasteiger partial charge is 0.338 e. The Morgan fingerprint density at radius 3 is 2.66 bits per heavy atom. The number of hydrogen-bond donors (Lipinski definition) is 1. The lowest BCUT2D eigenvalue weighted by atomic mass is 9.76. The fraction of sp³-hybridized carbons (Fsp3) is 0.517. The van der Waals surface area contributed by atoms with Crippen LogP contribution in [0.2, 0.25) is 5.02 Å². The first-order valence-electron chi connectivity index (χ1n) is 13.4. The molecule has 1 saturated carbocycles. The van der Waals surface area contributed by atoms with Crippen LogP contribution < -0.4 is 4.74 Å². The summed E-state index contributed by atoms with van der Waals surface area (Å²) in [6.45, 7) is 7.76. The zero-order valence-corrected chi connectivity index (χ0v) is 23.2. The zero-order chi connectivity index (χ0) is 27.0. The Hall–Kier alpha value is -3.13. The van der Waals surface area contributed by atoms with Gasteiger partial charge in [-0.05, 0) is 83.1 Å². The molecule has 1 aliphatic heterocycles. The molecule has 0 amide bonds. The molecule has 8 nitrogen and oxygen atoms in total. The molecule has 9 heteroatoms. The number of carbonyl (C=O) groups excluding carboxylic acids is 1. The number of aromatic nitrogens is 4. The van der Waals surface area contributed by atoms with Gasteiger partial charge in [0.2, 0.25) is 0 Å². The van der Waals surface area contributed by atoms with E-state index in [1.807, 2.05) is 52.0 Å². The van der Waals surface area contributed by atoms with E-state index in [-0.39, 0.29) is 29.8 Å². The Bertz CT molecular complexity index is 1390. The van der Waals surface area contributed by atoms with E-state index in [0.29, 0.717) is 41.6 Å². The number of ether oxygens (including phenoxy) is 2. The SMILES string of the molecule is Cc1cc(C)n2nc(CC3=C(O)CC(CCc4ccc(OC(C)C)c(Cl)c4)(C4CCCC4)OC3=O)nc2n1. The molecule has 0 bridgehead atoms. The van der Waals surface area contributed by atoms with Crippen molar-refractivity contribution in [1.82, 2.24) is 19.6 Å². The molecule has 2 aromatic heterocycles. The second kappa shape index (κ2) is 10.6. The van der Waals surface area contributed by atoms with Crippen molar-refractivity contribution in [1.29, 1.82) is 0 Å². The normalized spacial score (nSPS) is 20.5. The van der Waals surface area contributed by atoms with Gasteiger partial charge in [-0.3, -0.25) is 0 Å². The van der Waals surface area contributed by atoms with Crippen LogP contribution >= 0.6 is 11.6 Å². The highest BCUT2D eigenvalue weighted by atomic mass is 35.5. The van der Waals surface area contributed by atoms with E-state index in [1.165, 1.54) is 0 Å². The number of nitrogens with zero attached hydrogens (tertiary/aromatic N) is 4. The van der Waals surface area contributed by atoms with Crippen molar-refractivity contribution in [3.8, 4) is 5.75 Å². The van der Waals surface area contributed by atoms with Gasteiger partial charge in [0, 0.05) is 24.2 Å². The molecule has 1 atom stereocenters. The van der Waals surface area contributed by atoms with Gasteiger partial charge in [0.15, 0.2) is 5.82 Å². The fourth-order valence-corrected chi connectivity index (χ4v) is 6.08. The lowest BCUT2D eigenvalue weighted by Gasteiger charge is -2.41. The lowest BCUT2D eigenvalue weighted by Crippen LogP contribution is -2.46. The number of carbonyl (C=O) groups is 1. The van der Waals surface area contributed by atoms with E-state index < -0.39 is 11.6 Å². The average molecular weight is 539 g/mol. The number of fused-ring (bicyclic) bond motifs is 1. The van der Waals surface area contributed by atoms with Crippen molar-refractivity contribution in [2.45, 2.75) is 90.8 Å². The van der Waals surface area contributed by atoms with Crippen molar-refractivity contribution in [3.05, 3.63) is 63.4 Å². The van der Waals surface area contributed by atoms with Crippen LogP contribution in [0.25, 0.3) is 5.78 Å². The first kappa shape index (κ1) is 26.5. The predicted octanol–water partition coefficient (Wildman–Crippen LogP) is 6.05. The van der Waals surface area contributed by atoms with E-state index in [0.717, 1.165) is 42.6 Å². The maximum Gasteiger partial charge on any atom is 0.338 e. The van der Waals surface area contributed by atoms with Gasteiger partial charge in [0.25, 0.3) is 5.78 Å². The van der Waals surface area contributed by atoms with Gasteiger partial charge in [0.05, 0.1) is 16.7 Å². The minimum Gasteiger partial charge on any atom is -0.512 e.